The lowest BCUT2D eigenvalue weighted by Gasteiger charge is -2.18. The Morgan fingerprint density at radius 2 is 2.24 bits per heavy atom. The zero-order chi connectivity index (χ0) is 15.4. The summed E-state index contributed by atoms with van der Waals surface area (Å²) in [4.78, 5) is 16.9. The van der Waals surface area contributed by atoms with Gasteiger partial charge >= 0.3 is 5.97 Å². The van der Waals surface area contributed by atoms with Gasteiger partial charge in [0.1, 0.15) is 5.82 Å². The van der Waals surface area contributed by atoms with Crippen LogP contribution in [0.4, 0.5) is 5.95 Å². The van der Waals surface area contributed by atoms with Crippen LogP contribution in [0.15, 0.2) is 17.6 Å². The lowest BCUT2D eigenvalue weighted by atomic mass is 10.5. The van der Waals surface area contributed by atoms with Crippen molar-refractivity contribution in [3.63, 3.8) is 0 Å². The molecule has 0 radical (unpaired) electrons. The maximum atomic E-state index is 10.7. The monoisotopic (exact) mass is 310 g/mol. The highest BCUT2D eigenvalue weighted by molar-refractivity contribution is 7.99. The molecule has 0 aromatic carbocycles. The predicted molar refractivity (Wildman–Crippen MR) is 79.4 cm³/mol. The van der Waals surface area contributed by atoms with E-state index in [-0.39, 0.29) is 5.75 Å². The smallest absolute Gasteiger partial charge is 0.313 e. The van der Waals surface area contributed by atoms with Crippen molar-refractivity contribution in [2.24, 2.45) is 7.05 Å². The summed E-state index contributed by atoms with van der Waals surface area (Å²) in [5, 5.41) is 17.6. The van der Waals surface area contributed by atoms with Gasteiger partial charge in [0.15, 0.2) is 5.16 Å². The van der Waals surface area contributed by atoms with Gasteiger partial charge in [-0.2, -0.15) is 0 Å². The fourth-order valence-electron chi connectivity index (χ4n) is 1.90. The molecule has 0 aliphatic heterocycles. The number of aromatic nitrogens is 5. The van der Waals surface area contributed by atoms with Gasteiger partial charge in [0.05, 0.1) is 12.3 Å². The summed E-state index contributed by atoms with van der Waals surface area (Å²) < 4.78 is 3.85. The molecule has 0 spiro atoms. The SMILES string of the molecule is CCn1c(SCC(=O)O)nnc1N(C)Cc1nccn1C. The maximum absolute atomic E-state index is 10.7. The molecule has 1 N–H and O–H groups in total. The van der Waals surface area contributed by atoms with Gasteiger partial charge in [-0.25, -0.2) is 4.98 Å². The normalized spacial score (nSPS) is 10.8. The van der Waals surface area contributed by atoms with Crippen molar-refractivity contribution in [1.29, 1.82) is 0 Å². The van der Waals surface area contributed by atoms with Crippen molar-refractivity contribution >= 4 is 23.7 Å². The molecule has 0 unspecified atom stereocenters. The number of aliphatic carboxylic acids is 1. The number of hydrogen-bond acceptors (Lipinski definition) is 6. The van der Waals surface area contributed by atoms with Gasteiger partial charge in [-0.15, -0.1) is 10.2 Å². The van der Waals surface area contributed by atoms with Gasteiger partial charge in [-0.05, 0) is 6.92 Å². The molecule has 2 rings (SSSR count). The van der Waals surface area contributed by atoms with Crippen LogP contribution in [0, 0.1) is 0 Å². The van der Waals surface area contributed by atoms with E-state index in [0.717, 1.165) is 5.82 Å². The van der Waals surface area contributed by atoms with Gasteiger partial charge in [-0.3, -0.25) is 9.36 Å². The Bertz CT molecular complexity index is 623. The van der Waals surface area contributed by atoms with E-state index in [4.69, 9.17) is 5.11 Å². The number of carboxylic acids is 1. The summed E-state index contributed by atoms with van der Waals surface area (Å²) in [7, 11) is 3.85. The van der Waals surface area contributed by atoms with Gasteiger partial charge in [0.2, 0.25) is 5.95 Å². The first-order valence-corrected chi connectivity index (χ1v) is 7.46. The highest BCUT2D eigenvalue weighted by Gasteiger charge is 2.17. The Balaban J connectivity index is 2.15. The molecule has 2 heterocycles. The van der Waals surface area contributed by atoms with E-state index in [1.54, 1.807) is 6.20 Å². The Morgan fingerprint density at radius 3 is 2.81 bits per heavy atom. The minimum atomic E-state index is -0.867. The van der Waals surface area contributed by atoms with E-state index in [0.29, 0.717) is 24.2 Å². The summed E-state index contributed by atoms with van der Waals surface area (Å²) in [6.07, 6.45) is 3.64. The number of thioether (sulfide) groups is 1. The van der Waals surface area contributed by atoms with Gasteiger partial charge in [0.25, 0.3) is 0 Å². The van der Waals surface area contributed by atoms with Crippen LogP contribution in [-0.2, 0) is 24.9 Å². The Kier molecular flexibility index (Phi) is 4.84. The average Bonchev–Trinajstić information content (AvgIpc) is 3.02. The molecule has 114 valence electrons. The first-order chi connectivity index (χ1) is 10.0. The quantitative estimate of drug-likeness (QED) is 0.758. The van der Waals surface area contributed by atoms with E-state index in [9.17, 15) is 4.79 Å². The highest BCUT2D eigenvalue weighted by atomic mass is 32.2. The van der Waals surface area contributed by atoms with Crippen molar-refractivity contribution in [3.05, 3.63) is 18.2 Å². The zero-order valence-corrected chi connectivity index (χ0v) is 13.0. The number of hydrogen-bond donors (Lipinski definition) is 1. The number of imidazole rings is 1. The zero-order valence-electron chi connectivity index (χ0n) is 12.2. The van der Waals surface area contributed by atoms with Crippen molar-refractivity contribution in [1.82, 2.24) is 24.3 Å². The molecule has 0 fully saturated rings. The van der Waals surface area contributed by atoms with Crippen LogP contribution in [0.2, 0.25) is 0 Å². The topological polar surface area (TPSA) is 89.1 Å². The second-order valence-electron chi connectivity index (χ2n) is 4.52. The van der Waals surface area contributed by atoms with E-state index in [1.165, 1.54) is 11.8 Å². The van der Waals surface area contributed by atoms with E-state index in [1.807, 2.05) is 41.3 Å². The minimum absolute atomic E-state index is 0.0266. The fraction of sp³-hybridized carbons (Fsp3) is 0.500. The molecule has 0 amide bonds. The third-order valence-corrected chi connectivity index (χ3v) is 3.93. The molecule has 0 saturated carbocycles. The molecule has 21 heavy (non-hydrogen) atoms. The van der Waals surface area contributed by atoms with Crippen LogP contribution >= 0.6 is 11.8 Å². The second kappa shape index (κ2) is 6.61. The van der Waals surface area contributed by atoms with Crippen molar-refractivity contribution in [2.75, 3.05) is 17.7 Å². The molecule has 9 heteroatoms. The number of nitrogens with zero attached hydrogens (tertiary/aromatic N) is 6. The van der Waals surface area contributed by atoms with E-state index >= 15 is 0 Å². The van der Waals surface area contributed by atoms with Crippen molar-refractivity contribution < 1.29 is 9.90 Å². The third kappa shape index (κ3) is 3.54. The molecular weight excluding hydrogens is 292 g/mol. The van der Waals surface area contributed by atoms with Crippen LogP contribution < -0.4 is 4.90 Å². The second-order valence-corrected chi connectivity index (χ2v) is 5.46. The number of carbonyl (C=O) groups is 1. The fourth-order valence-corrected chi connectivity index (χ4v) is 2.62. The first-order valence-electron chi connectivity index (χ1n) is 6.48. The van der Waals surface area contributed by atoms with Crippen LogP contribution in [0.25, 0.3) is 0 Å². The van der Waals surface area contributed by atoms with E-state index < -0.39 is 5.97 Å². The summed E-state index contributed by atoms with van der Waals surface area (Å²) in [5.41, 5.74) is 0. The Hall–Kier alpha value is -2.03. The molecule has 2 aromatic heterocycles. The number of anilines is 1. The van der Waals surface area contributed by atoms with Crippen molar-refractivity contribution in [3.8, 4) is 0 Å². The summed E-state index contributed by atoms with van der Waals surface area (Å²) in [6.45, 7) is 3.26. The number of rotatable bonds is 7. The van der Waals surface area contributed by atoms with Crippen LogP contribution in [0.5, 0.6) is 0 Å². The lowest BCUT2D eigenvalue weighted by molar-refractivity contribution is -0.133. The molecule has 0 aliphatic rings. The van der Waals surface area contributed by atoms with Gasteiger partial charge < -0.3 is 14.6 Å². The molecule has 0 saturated heterocycles. The maximum Gasteiger partial charge on any atom is 0.313 e. The molecule has 2 aromatic rings. The van der Waals surface area contributed by atoms with Gasteiger partial charge in [0, 0.05) is 33.0 Å². The first kappa shape index (κ1) is 15.4. The standard InChI is InChI=1S/C12H18N6O2S/c1-4-18-11(14-15-12(18)21-8-10(19)20)17(3)7-9-13-5-6-16(9)2/h5-6H,4,7-8H2,1-3H3,(H,19,20). The molecular formula is C12H18N6O2S. The summed E-state index contributed by atoms with van der Waals surface area (Å²) in [5.74, 6) is 0.728. The largest absolute Gasteiger partial charge is 0.481 e. The predicted octanol–water partition coefficient (Wildman–Crippen LogP) is 0.845. The molecule has 0 aliphatic carbocycles. The van der Waals surface area contributed by atoms with Crippen molar-refractivity contribution in [2.45, 2.75) is 25.2 Å². The van der Waals surface area contributed by atoms with Crippen LogP contribution in [0.3, 0.4) is 0 Å². The number of aryl methyl sites for hydroxylation is 1. The summed E-state index contributed by atoms with van der Waals surface area (Å²) in [6, 6.07) is 0. The van der Waals surface area contributed by atoms with Gasteiger partial charge in [-0.1, -0.05) is 11.8 Å². The lowest BCUT2D eigenvalue weighted by Crippen LogP contribution is -2.22. The molecule has 0 bridgehead atoms. The number of carboxylic acid groups (broad SMARTS) is 1. The average molecular weight is 310 g/mol. The molecule has 8 nitrogen and oxygen atoms in total. The Labute approximate surface area is 126 Å². The minimum Gasteiger partial charge on any atom is -0.481 e. The van der Waals surface area contributed by atoms with Crippen LogP contribution in [0.1, 0.15) is 12.7 Å². The third-order valence-electron chi connectivity index (χ3n) is 2.98. The highest BCUT2D eigenvalue weighted by Crippen LogP contribution is 2.21. The Morgan fingerprint density at radius 1 is 1.48 bits per heavy atom. The van der Waals surface area contributed by atoms with E-state index in [2.05, 4.69) is 15.2 Å². The summed E-state index contributed by atoms with van der Waals surface area (Å²) >= 11 is 1.17. The molecule has 0 atom stereocenters. The van der Waals surface area contributed by atoms with Crippen LogP contribution in [-0.4, -0.2) is 48.2 Å².